The zero-order valence-corrected chi connectivity index (χ0v) is 14.8. The number of fused-ring (bicyclic) bond motifs is 1. The SMILES string of the molecule is O=C(O)C1Cc2ccccc2CN1C(=O)C1CC1c1ccccc1C(F)(F)F. The highest BCUT2D eigenvalue weighted by atomic mass is 19.4. The number of aliphatic carboxylic acids is 1. The van der Waals surface area contributed by atoms with Gasteiger partial charge in [-0.2, -0.15) is 13.2 Å². The standard InChI is InChI=1S/C21H18F3NO3/c22-21(23,24)17-8-4-3-7-14(17)15-10-16(15)19(26)25-11-13-6-2-1-5-12(13)9-18(25)20(27)28/h1-8,15-16,18H,9-11H2,(H,27,28). The molecule has 3 unspecified atom stereocenters. The lowest BCUT2D eigenvalue weighted by Crippen LogP contribution is -2.49. The average molecular weight is 389 g/mol. The van der Waals surface area contributed by atoms with Crippen LogP contribution in [0.4, 0.5) is 13.2 Å². The van der Waals surface area contributed by atoms with Gasteiger partial charge in [0, 0.05) is 18.9 Å². The zero-order valence-electron chi connectivity index (χ0n) is 14.8. The van der Waals surface area contributed by atoms with Crippen molar-refractivity contribution in [2.45, 2.75) is 37.5 Å². The number of rotatable bonds is 3. The van der Waals surface area contributed by atoms with E-state index in [4.69, 9.17) is 0 Å². The van der Waals surface area contributed by atoms with Gasteiger partial charge in [0.25, 0.3) is 0 Å². The monoisotopic (exact) mass is 389 g/mol. The van der Waals surface area contributed by atoms with Crippen LogP contribution in [0.1, 0.15) is 34.6 Å². The molecule has 0 bridgehead atoms. The first-order valence-corrected chi connectivity index (χ1v) is 9.03. The van der Waals surface area contributed by atoms with Crippen LogP contribution in [0.5, 0.6) is 0 Å². The van der Waals surface area contributed by atoms with Gasteiger partial charge >= 0.3 is 12.1 Å². The van der Waals surface area contributed by atoms with Crippen LogP contribution in [-0.2, 0) is 28.7 Å². The zero-order chi connectivity index (χ0) is 20.1. The molecule has 2 aromatic carbocycles. The highest BCUT2D eigenvalue weighted by Crippen LogP contribution is 2.52. The molecule has 1 fully saturated rings. The second-order valence-corrected chi connectivity index (χ2v) is 7.33. The van der Waals surface area contributed by atoms with Gasteiger partial charge in [-0.15, -0.1) is 0 Å². The minimum atomic E-state index is -4.49. The number of halogens is 3. The van der Waals surface area contributed by atoms with Gasteiger partial charge in [0.05, 0.1) is 5.56 Å². The minimum Gasteiger partial charge on any atom is -0.480 e. The Morgan fingerprint density at radius 3 is 2.32 bits per heavy atom. The minimum absolute atomic E-state index is 0.109. The van der Waals surface area contributed by atoms with E-state index in [9.17, 15) is 27.9 Å². The van der Waals surface area contributed by atoms with Crippen LogP contribution in [0, 0.1) is 5.92 Å². The molecule has 1 heterocycles. The van der Waals surface area contributed by atoms with Crippen molar-refractivity contribution >= 4 is 11.9 Å². The normalized spacial score (nSPS) is 23.8. The topological polar surface area (TPSA) is 57.6 Å². The number of benzene rings is 2. The van der Waals surface area contributed by atoms with Crippen LogP contribution in [-0.4, -0.2) is 27.9 Å². The lowest BCUT2D eigenvalue weighted by molar-refractivity contribution is -0.152. The van der Waals surface area contributed by atoms with Gasteiger partial charge in [-0.25, -0.2) is 4.79 Å². The lowest BCUT2D eigenvalue weighted by atomic mass is 9.93. The quantitative estimate of drug-likeness (QED) is 0.868. The molecule has 28 heavy (non-hydrogen) atoms. The predicted molar refractivity (Wildman–Crippen MR) is 94.4 cm³/mol. The molecule has 1 aliphatic heterocycles. The fraction of sp³-hybridized carbons (Fsp3) is 0.333. The highest BCUT2D eigenvalue weighted by molar-refractivity contribution is 5.88. The Morgan fingerprint density at radius 2 is 1.64 bits per heavy atom. The Kier molecular flexibility index (Phi) is 4.40. The van der Waals surface area contributed by atoms with Crippen LogP contribution in [0.15, 0.2) is 48.5 Å². The number of hydrogen-bond donors (Lipinski definition) is 1. The maximum atomic E-state index is 13.3. The average Bonchev–Trinajstić information content (AvgIpc) is 3.46. The van der Waals surface area contributed by atoms with Crippen LogP contribution in [0.3, 0.4) is 0 Å². The summed E-state index contributed by atoms with van der Waals surface area (Å²) in [6, 6.07) is 11.6. The molecular formula is C21H18F3NO3. The van der Waals surface area contributed by atoms with E-state index >= 15 is 0 Å². The van der Waals surface area contributed by atoms with Crippen LogP contribution in [0.25, 0.3) is 0 Å². The highest BCUT2D eigenvalue weighted by Gasteiger charge is 2.51. The summed E-state index contributed by atoms with van der Waals surface area (Å²) < 4.78 is 39.8. The van der Waals surface area contributed by atoms with Crippen molar-refractivity contribution < 1.29 is 27.9 Å². The third-order valence-corrected chi connectivity index (χ3v) is 5.59. The maximum absolute atomic E-state index is 13.3. The van der Waals surface area contributed by atoms with Crippen LogP contribution >= 0.6 is 0 Å². The number of amides is 1. The van der Waals surface area contributed by atoms with Gasteiger partial charge in [-0.3, -0.25) is 4.79 Å². The van der Waals surface area contributed by atoms with Gasteiger partial charge < -0.3 is 10.0 Å². The number of carbonyl (C=O) groups excluding carboxylic acids is 1. The number of carboxylic acid groups (broad SMARTS) is 1. The van der Waals surface area contributed by atoms with E-state index in [1.165, 1.54) is 23.1 Å². The van der Waals surface area contributed by atoms with E-state index in [0.717, 1.165) is 17.2 Å². The van der Waals surface area contributed by atoms with Gasteiger partial charge in [0.2, 0.25) is 5.91 Å². The molecule has 2 aliphatic rings. The summed E-state index contributed by atoms with van der Waals surface area (Å²) in [6.45, 7) is 0.163. The van der Waals surface area contributed by atoms with Crippen molar-refractivity contribution in [3.63, 3.8) is 0 Å². The molecule has 0 aromatic heterocycles. The van der Waals surface area contributed by atoms with Crippen molar-refractivity contribution in [3.8, 4) is 0 Å². The third kappa shape index (κ3) is 3.25. The van der Waals surface area contributed by atoms with E-state index in [-0.39, 0.29) is 24.4 Å². The third-order valence-electron chi connectivity index (χ3n) is 5.59. The van der Waals surface area contributed by atoms with E-state index in [1.54, 1.807) is 0 Å². The molecule has 3 atom stereocenters. The van der Waals surface area contributed by atoms with Gasteiger partial charge in [-0.05, 0) is 35.1 Å². The molecule has 1 saturated carbocycles. The van der Waals surface area contributed by atoms with E-state index in [2.05, 4.69) is 0 Å². The van der Waals surface area contributed by atoms with Crippen molar-refractivity contribution in [1.82, 2.24) is 4.90 Å². The Bertz CT molecular complexity index is 940. The summed E-state index contributed by atoms with van der Waals surface area (Å²) in [5, 5.41) is 9.58. The first kappa shape index (κ1) is 18.5. The van der Waals surface area contributed by atoms with Crippen molar-refractivity contribution in [2.75, 3.05) is 0 Å². The predicted octanol–water partition coefficient (Wildman–Crippen LogP) is 3.85. The number of nitrogens with zero attached hydrogens (tertiary/aromatic N) is 1. The summed E-state index contributed by atoms with van der Waals surface area (Å²) in [7, 11) is 0. The second kappa shape index (κ2) is 6.65. The summed E-state index contributed by atoms with van der Waals surface area (Å²) in [4.78, 5) is 26.0. The van der Waals surface area contributed by atoms with Gasteiger partial charge in [0.1, 0.15) is 6.04 Å². The molecule has 4 nitrogen and oxygen atoms in total. The summed E-state index contributed by atoms with van der Waals surface area (Å²) >= 11 is 0. The van der Waals surface area contributed by atoms with E-state index < -0.39 is 35.6 Å². The summed E-state index contributed by atoms with van der Waals surface area (Å²) in [5.74, 6) is -2.63. The molecule has 146 valence electrons. The smallest absolute Gasteiger partial charge is 0.416 e. The number of carboxylic acids is 1. The van der Waals surface area contributed by atoms with Crippen LogP contribution < -0.4 is 0 Å². The van der Waals surface area contributed by atoms with E-state index in [0.29, 0.717) is 6.42 Å². The fourth-order valence-corrected chi connectivity index (χ4v) is 4.08. The van der Waals surface area contributed by atoms with Gasteiger partial charge in [-0.1, -0.05) is 42.5 Å². The van der Waals surface area contributed by atoms with Gasteiger partial charge in [0.15, 0.2) is 0 Å². The Balaban J connectivity index is 1.59. The molecule has 1 N–H and O–H groups in total. The maximum Gasteiger partial charge on any atom is 0.416 e. The molecule has 1 aliphatic carbocycles. The second-order valence-electron chi connectivity index (χ2n) is 7.33. The van der Waals surface area contributed by atoms with E-state index in [1.807, 2.05) is 24.3 Å². The first-order valence-electron chi connectivity index (χ1n) is 9.03. The molecular weight excluding hydrogens is 371 g/mol. The van der Waals surface area contributed by atoms with Crippen LogP contribution in [0.2, 0.25) is 0 Å². The molecule has 0 saturated heterocycles. The molecule has 7 heteroatoms. The molecule has 0 spiro atoms. The first-order chi connectivity index (χ1) is 13.3. The number of hydrogen-bond acceptors (Lipinski definition) is 2. The molecule has 1 amide bonds. The number of carbonyl (C=O) groups is 2. The molecule has 0 radical (unpaired) electrons. The van der Waals surface area contributed by atoms with Crippen molar-refractivity contribution in [1.29, 1.82) is 0 Å². The summed E-state index contributed by atoms with van der Waals surface area (Å²) in [5.41, 5.74) is 1.14. The summed E-state index contributed by atoms with van der Waals surface area (Å²) in [6.07, 6.45) is -3.98. The Hall–Kier alpha value is -2.83. The number of alkyl halides is 3. The molecule has 4 rings (SSSR count). The molecule has 2 aromatic rings. The van der Waals surface area contributed by atoms with Crippen molar-refractivity contribution in [3.05, 3.63) is 70.8 Å². The Labute approximate surface area is 159 Å². The largest absolute Gasteiger partial charge is 0.480 e. The lowest BCUT2D eigenvalue weighted by Gasteiger charge is -2.34. The Morgan fingerprint density at radius 1 is 1.00 bits per heavy atom. The fourth-order valence-electron chi connectivity index (χ4n) is 4.08. The van der Waals surface area contributed by atoms with Crippen molar-refractivity contribution in [2.24, 2.45) is 5.92 Å².